The summed E-state index contributed by atoms with van der Waals surface area (Å²) < 4.78 is 17.2. The second-order valence-corrected chi connectivity index (χ2v) is 9.94. The number of carbonyl (C=O) groups is 3. The molecule has 0 spiro atoms. The standard InChI is InChI=1S/C20H23ClN4O6S/c1-11(2)13(19(28)31-5)23-16(26)15(18(23)32(21)30)24-17(27)14(12-9-7-6-8-10-12)25(22-29)20(24,3)4/h6-10,13-15,18H,1H2,2-5H3. The minimum atomic E-state index is -2.17. The van der Waals surface area contributed by atoms with Crippen LogP contribution in [0.1, 0.15) is 32.4 Å². The summed E-state index contributed by atoms with van der Waals surface area (Å²) in [5, 5.41) is 2.89. The molecule has 2 amide bonds. The van der Waals surface area contributed by atoms with Crippen molar-refractivity contribution in [2.75, 3.05) is 7.11 Å². The molecular weight excluding hydrogens is 460 g/mol. The molecule has 12 heteroatoms. The molecule has 0 N–H and O–H groups in total. The van der Waals surface area contributed by atoms with E-state index in [-0.39, 0.29) is 5.57 Å². The molecule has 0 aliphatic carbocycles. The number of esters is 1. The van der Waals surface area contributed by atoms with E-state index >= 15 is 0 Å². The number of halogens is 1. The maximum atomic E-state index is 13.5. The largest absolute Gasteiger partial charge is 0.597 e. The van der Waals surface area contributed by atoms with E-state index in [0.717, 1.165) is 17.0 Å². The number of nitrogens with zero attached hydrogens (tertiary/aromatic N) is 4. The van der Waals surface area contributed by atoms with E-state index in [2.05, 4.69) is 11.9 Å². The quantitative estimate of drug-likeness (QED) is 0.191. The minimum absolute atomic E-state index is 0.279. The molecule has 32 heavy (non-hydrogen) atoms. The van der Waals surface area contributed by atoms with Gasteiger partial charge in [0.2, 0.25) is 5.37 Å². The summed E-state index contributed by atoms with van der Waals surface area (Å²) in [6, 6.07) is 4.94. The third-order valence-corrected chi connectivity index (χ3v) is 7.17. The number of carbonyl (C=O) groups excluding carboxylic acids is 3. The molecule has 0 radical (unpaired) electrons. The number of ether oxygens (including phenoxy) is 1. The Labute approximate surface area is 192 Å². The topological polar surface area (TPSA) is 123 Å². The van der Waals surface area contributed by atoms with Crippen molar-refractivity contribution in [1.29, 1.82) is 0 Å². The first-order chi connectivity index (χ1) is 15.0. The number of hydrogen-bond acceptors (Lipinski definition) is 7. The number of rotatable bonds is 7. The highest BCUT2D eigenvalue weighted by Crippen LogP contribution is 2.46. The first kappa shape index (κ1) is 24.0. The van der Waals surface area contributed by atoms with Gasteiger partial charge in [-0.05, 0) is 31.9 Å². The van der Waals surface area contributed by atoms with Crippen LogP contribution in [0.15, 0.2) is 47.8 Å². The molecule has 10 nitrogen and oxygen atoms in total. The van der Waals surface area contributed by atoms with Crippen molar-refractivity contribution in [3.8, 4) is 0 Å². The van der Waals surface area contributed by atoms with Crippen LogP contribution in [0, 0.1) is 4.91 Å². The van der Waals surface area contributed by atoms with Crippen molar-refractivity contribution < 1.29 is 23.7 Å². The van der Waals surface area contributed by atoms with Crippen LogP contribution in [-0.2, 0) is 29.5 Å². The SMILES string of the molecule is C=C(C)C(C(=O)OC)N1C(=O)C(N2C(=O)C(c3ccccc3)N(N=O)C2(C)C)C1[S+]([O-])Cl. The molecule has 1 aromatic rings. The highest BCUT2D eigenvalue weighted by atomic mass is 35.7. The summed E-state index contributed by atoms with van der Waals surface area (Å²) in [5.74, 6) is -2.01. The van der Waals surface area contributed by atoms with E-state index in [1.54, 1.807) is 44.2 Å². The lowest BCUT2D eigenvalue weighted by atomic mass is 9.96. The van der Waals surface area contributed by atoms with E-state index in [0.29, 0.717) is 5.56 Å². The van der Waals surface area contributed by atoms with E-state index in [4.69, 9.17) is 15.4 Å². The zero-order chi connectivity index (χ0) is 24.0. The molecule has 172 valence electrons. The average molecular weight is 483 g/mol. The van der Waals surface area contributed by atoms with Crippen LogP contribution in [0.5, 0.6) is 0 Å². The number of amides is 2. The Morgan fingerprint density at radius 1 is 1.28 bits per heavy atom. The minimum Gasteiger partial charge on any atom is -0.597 e. The Balaban J connectivity index is 2.05. The van der Waals surface area contributed by atoms with E-state index < -0.39 is 57.3 Å². The number of nitroso groups, excluding NO2 is 1. The molecule has 2 aliphatic heterocycles. The molecule has 2 aliphatic rings. The van der Waals surface area contributed by atoms with Gasteiger partial charge in [0.05, 0.1) is 22.8 Å². The Morgan fingerprint density at radius 3 is 2.34 bits per heavy atom. The number of β-lactam (4-membered cyclic amide) rings is 1. The van der Waals surface area contributed by atoms with Crippen molar-refractivity contribution in [2.24, 2.45) is 5.29 Å². The van der Waals surface area contributed by atoms with Gasteiger partial charge in [0.1, 0.15) is 5.66 Å². The van der Waals surface area contributed by atoms with Crippen molar-refractivity contribution in [3.05, 3.63) is 53.0 Å². The number of hydrogen-bond donors (Lipinski definition) is 0. The van der Waals surface area contributed by atoms with Crippen LogP contribution >= 0.6 is 10.7 Å². The van der Waals surface area contributed by atoms with Crippen LogP contribution in [0.3, 0.4) is 0 Å². The van der Waals surface area contributed by atoms with Crippen LogP contribution in [0.25, 0.3) is 0 Å². The van der Waals surface area contributed by atoms with Crippen molar-refractivity contribution in [1.82, 2.24) is 14.8 Å². The first-order valence-corrected chi connectivity index (χ1v) is 11.7. The van der Waals surface area contributed by atoms with Crippen LogP contribution in [0.2, 0.25) is 0 Å². The zero-order valence-corrected chi connectivity index (χ0v) is 19.5. The molecule has 1 aromatic carbocycles. The maximum absolute atomic E-state index is 13.5. The molecule has 0 bridgehead atoms. The predicted molar refractivity (Wildman–Crippen MR) is 117 cm³/mol. The van der Waals surface area contributed by atoms with Crippen molar-refractivity contribution >= 4 is 38.9 Å². The molecule has 5 unspecified atom stereocenters. The van der Waals surface area contributed by atoms with Gasteiger partial charge in [-0.3, -0.25) is 19.4 Å². The Bertz CT molecular complexity index is 959. The van der Waals surface area contributed by atoms with Gasteiger partial charge in [0, 0.05) is 0 Å². The molecule has 0 aromatic heterocycles. The zero-order valence-electron chi connectivity index (χ0n) is 17.9. The van der Waals surface area contributed by atoms with E-state index in [1.807, 2.05) is 0 Å². The maximum Gasteiger partial charge on any atom is 0.333 e. The van der Waals surface area contributed by atoms with Gasteiger partial charge in [-0.15, -0.1) is 4.91 Å². The van der Waals surface area contributed by atoms with Gasteiger partial charge in [-0.25, -0.2) is 9.80 Å². The summed E-state index contributed by atoms with van der Waals surface area (Å²) in [6.45, 7) is 8.34. The molecule has 2 heterocycles. The summed E-state index contributed by atoms with van der Waals surface area (Å²) in [7, 11) is 4.92. The summed E-state index contributed by atoms with van der Waals surface area (Å²) >= 11 is 0. The first-order valence-electron chi connectivity index (χ1n) is 9.63. The molecular formula is C20H23ClN4O6S. The third-order valence-electron chi connectivity index (χ3n) is 5.76. The van der Waals surface area contributed by atoms with Gasteiger partial charge < -0.3 is 9.29 Å². The number of benzene rings is 1. The number of methoxy groups -OCH3 is 1. The summed E-state index contributed by atoms with van der Waals surface area (Å²) in [5.41, 5.74) is -0.556. The molecule has 2 saturated heterocycles. The number of likely N-dealkylation sites (tertiary alicyclic amines) is 1. The second-order valence-electron chi connectivity index (χ2n) is 8.04. The van der Waals surface area contributed by atoms with Gasteiger partial charge in [0.15, 0.2) is 28.8 Å². The Kier molecular flexibility index (Phi) is 6.55. The highest BCUT2D eigenvalue weighted by Gasteiger charge is 2.68. The molecule has 3 rings (SSSR count). The monoisotopic (exact) mass is 482 g/mol. The fourth-order valence-electron chi connectivity index (χ4n) is 4.31. The fourth-order valence-corrected chi connectivity index (χ4v) is 5.71. The molecule has 0 saturated carbocycles. The lowest BCUT2D eigenvalue weighted by Crippen LogP contribution is -2.77. The van der Waals surface area contributed by atoms with Gasteiger partial charge >= 0.3 is 5.97 Å². The lowest BCUT2D eigenvalue weighted by molar-refractivity contribution is -0.173. The van der Waals surface area contributed by atoms with Gasteiger partial charge in [-0.1, -0.05) is 36.9 Å². The fraction of sp³-hybridized carbons (Fsp3) is 0.450. The normalized spacial score (nSPS) is 26.4. The second kappa shape index (κ2) is 8.72. The van der Waals surface area contributed by atoms with Crippen molar-refractivity contribution in [3.63, 3.8) is 0 Å². The Hall–Kier alpha value is -2.63. The van der Waals surface area contributed by atoms with Crippen molar-refractivity contribution in [2.45, 2.75) is 49.9 Å². The van der Waals surface area contributed by atoms with Crippen LogP contribution in [0.4, 0.5) is 0 Å². The molecule has 5 atom stereocenters. The van der Waals surface area contributed by atoms with Crippen LogP contribution in [-0.4, -0.2) is 67.4 Å². The lowest BCUT2D eigenvalue weighted by Gasteiger charge is -2.52. The Morgan fingerprint density at radius 2 is 1.88 bits per heavy atom. The van der Waals surface area contributed by atoms with E-state index in [9.17, 15) is 23.8 Å². The van der Waals surface area contributed by atoms with Gasteiger partial charge in [-0.2, -0.15) is 0 Å². The van der Waals surface area contributed by atoms with Gasteiger partial charge in [0.25, 0.3) is 11.8 Å². The third kappa shape index (κ3) is 3.54. The average Bonchev–Trinajstić information content (AvgIpc) is 2.94. The van der Waals surface area contributed by atoms with E-state index in [1.165, 1.54) is 11.8 Å². The summed E-state index contributed by atoms with van der Waals surface area (Å²) in [6.07, 6.45) is 0. The predicted octanol–water partition coefficient (Wildman–Crippen LogP) is 1.85. The van der Waals surface area contributed by atoms with Crippen LogP contribution < -0.4 is 0 Å². The highest BCUT2D eigenvalue weighted by molar-refractivity contribution is 8.14. The molecule has 2 fully saturated rings. The smallest absolute Gasteiger partial charge is 0.333 e. The summed E-state index contributed by atoms with van der Waals surface area (Å²) in [4.78, 5) is 53.0.